The Morgan fingerprint density at radius 3 is 1.43 bits per heavy atom. The third kappa shape index (κ3) is 2.60. The Balaban J connectivity index is 0.000000360. The summed E-state index contributed by atoms with van der Waals surface area (Å²) in [4.78, 5) is 9.14. The molecule has 0 aromatic carbocycles. The molecular weight excluding hydrogens is 92.1 g/mol. The van der Waals surface area contributed by atoms with Crippen LogP contribution < -0.4 is 0 Å². The van der Waals surface area contributed by atoms with Gasteiger partial charge in [0.25, 0.3) is 0 Å². The minimum Gasteiger partial charge on any atom is -0.237 e. The van der Waals surface area contributed by atoms with E-state index >= 15 is 0 Å². The molecule has 0 atom stereocenters. The first kappa shape index (κ1) is 6.92. The molecule has 0 radical (unpaired) electrons. The summed E-state index contributed by atoms with van der Waals surface area (Å²) >= 11 is 0. The van der Waals surface area contributed by atoms with Crippen LogP contribution in [0.5, 0.6) is 0 Å². The van der Waals surface area contributed by atoms with Crippen LogP contribution in [0.25, 0.3) is 0 Å². The molecule has 1 saturated heterocycles. The summed E-state index contributed by atoms with van der Waals surface area (Å²) in [5, 5.41) is 0. The van der Waals surface area contributed by atoms with Gasteiger partial charge in [0.05, 0.1) is 13.2 Å². The van der Waals surface area contributed by atoms with Gasteiger partial charge in [0.15, 0.2) is 0 Å². The molecule has 1 fully saturated rings. The Kier molecular flexibility index (Phi) is 4.04. The molecule has 2 heteroatoms. The highest BCUT2D eigenvalue weighted by atomic mass is 17.2. The van der Waals surface area contributed by atoms with Gasteiger partial charge < -0.3 is 0 Å². The van der Waals surface area contributed by atoms with E-state index in [4.69, 9.17) is 0 Å². The first-order valence-corrected chi connectivity index (χ1v) is 2.24. The average molecular weight is 104 g/mol. The second kappa shape index (κ2) is 4.09. The first-order valence-electron chi connectivity index (χ1n) is 2.24. The fraction of sp³-hybridized carbons (Fsp3) is 1.00. The first-order chi connectivity index (χ1) is 3.00. The molecule has 1 heterocycles. The third-order valence-electron chi connectivity index (χ3n) is 0.789. The van der Waals surface area contributed by atoms with Crippen LogP contribution in [0.1, 0.15) is 20.3 Å². The Labute approximate surface area is 44.4 Å². The summed E-state index contributed by atoms with van der Waals surface area (Å²) in [5.41, 5.74) is 0. The molecular formula is C5H12O2. The number of hydrogen-bond acceptors (Lipinski definition) is 2. The smallest absolute Gasteiger partial charge is 0.0823 e. The molecule has 1 aliphatic rings. The van der Waals surface area contributed by atoms with Gasteiger partial charge in [0.1, 0.15) is 0 Å². The van der Waals surface area contributed by atoms with Crippen molar-refractivity contribution in [1.29, 1.82) is 0 Å². The Hall–Kier alpha value is -0.0800. The highest BCUT2D eigenvalue weighted by Gasteiger charge is 1.95. The number of rotatable bonds is 0. The van der Waals surface area contributed by atoms with E-state index in [1.54, 1.807) is 0 Å². The Bertz CT molecular complexity index is 21.6. The predicted molar refractivity (Wildman–Crippen MR) is 27.9 cm³/mol. The van der Waals surface area contributed by atoms with E-state index in [1.165, 1.54) is 0 Å². The normalized spacial score (nSPS) is 20.6. The Morgan fingerprint density at radius 1 is 0.857 bits per heavy atom. The van der Waals surface area contributed by atoms with Crippen molar-refractivity contribution < 1.29 is 9.78 Å². The lowest BCUT2D eigenvalue weighted by Gasteiger charge is -2.07. The summed E-state index contributed by atoms with van der Waals surface area (Å²) in [5.74, 6) is 0. The van der Waals surface area contributed by atoms with Crippen LogP contribution in [0.15, 0.2) is 0 Å². The zero-order chi connectivity index (χ0) is 4.24. The molecule has 2 nitrogen and oxygen atoms in total. The Morgan fingerprint density at radius 2 is 1.29 bits per heavy atom. The standard InChI is InChI=1S/C4H8O2.CH4/c1-2-4-6-5-3-1;/h1-4H2;1H4. The summed E-state index contributed by atoms with van der Waals surface area (Å²) in [6.07, 6.45) is 2.31. The summed E-state index contributed by atoms with van der Waals surface area (Å²) in [6.45, 7) is 1.56. The van der Waals surface area contributed by atoms with Gasteiger partial charge in [-0.15, -0.1) is 0 Å². The second-order valence-electron chi connectivity index (χ2n) is 1.35. The maximum atomic E-state index is 4.57. The van der Waals surface area contributed by atoms with E-state index in [-0.39, 0.29) is 7.43 Å². The molecule has 0 bridgehead atoms. The average Bonchev–Trinajstić information content (AvgIpc) is 1.72. The number of hydrogen-bond donors (Lipinski definition) is 0. The van der Waals surface area contributed by atoms with E-state index in [0.717, 1.165) is 26.1 Å². The van der Waals surface area contributed by atoms with Gasteiger partial charge in [-0.05, 0) is 12.8 Å². The SMILES string of the molecule is C.C1CCOOC1. The third-order valence-corrected chi connectivity index (χ3v) is 0.789. The van der Waals surface area contributed by atoms with Crippen molar-refractivity contribution in [2.75, 3.05) is 13.2 Å². The quantitative estimate of drug-likeness (QED) is 0.432. The molecule has 0 aromatic rings. The molecule has 0 aliphatic carbocycles. The molecule has 1 rings (SSSR count). The largest absolute Gasteiger partial charge is 0.237 e. The van der Waals surface area contributed by atoms with Crippen molar-refractivity contribution in [2.24, 2.45) is 0 Å². The van der Waals surface area contributed by atoms with Crippen LogP contribution >= 0.6 is 0 Å². The zero-order valence-electron chi connectivity index (χ0n) is 3.64. The summed E-state index contributed by atoms with van der Waals surface area (Å²) < 4.78 is 0. The van der Waals surface area contributed by atoms with Gasteiger partial charge in [-0.1, -0.05) is 7.43 Å². The highest BCUT2D eigenvalue weighted by Crippen LogP contribution is 1.97. The van der Waals surface area contributed by atoms with Crippen LogP contribution in [0.3, 0.4) is 0 Å². The molecule has 1 aliphatic heterocycles. The van der Waals surface area contributed by atoms with Gasteiger partial charge in [-0.3, -0.25) is 0 Å². The molecule has 0 unspecified atom stereocenters. The maximum Gasteiger partial charge on any atom is 0.0823 e. The predicted octanol–water partition coefficient (Wildman–Crippen LogP) is 1.36. The monoisotopic (exact) mass is 104 g/mol. The van der Waals surface area contributed by atoms with Gasteiger partial charge in [0, 0.05) is 0 Å². The van der Waals surface area contributed by atoms with Crippen molar-refractivity contribution in [2.45, 2.75) is 20.3 Å². The maximum absolute atomic E-state index is 4.57. The van der Waals surface area contributed by atoms with Gasteiger partial charge in [-0.2, -0.15) is 0 Å². The van der Waals surface area contributed by atoms with E-state index in [2.05, 4.69) is 9.78 Å². The van der Waals surface area contributed by atoms with E-state index in [9.17, 15) is 0 Å². The van der Waals surface area contributed by atoms with Crippen molar-refractivity contribution in [3.8, 4) is 0 Å². The molecule has 0 amide bonds. The molecule has 0 aromatic heterocycles. The van der Waals surface area contributed by atoms with Crippen LogP contribution in [0, 0.1) is 0 Å². The topological polar surface area (TPSA) is 18.5 Å². The van der Waals surface area contributed by atoms with Crippen molar-refractivity contribution in [3.05, 3.63) is 0 Å². The lowest BCUT2D eigenvalue weighted by atomic mass is 10.3. The molecule has 7 heavy (non-hydrogen) atoms. The zero-order valence-corrected chi connectivity index (χ0v) is 3.64. The highest BCUT2D eigenvalue weighted by molar-refractivity contribution is 4.36. The molecule has 44 valence electrons. The lowest BCUT2D eigenvalue weighted by Crippen LogP contribution is -2.05. The van der Waals surface area contributed by atoms with E-state index < -0.39 is 0 Å². The van der Waals surface area contributed by atoms with Crippen LogP contribution in [-0.4, -0.2) is 13.2 Å². The van der Waals surface area contributed by atoms with Gasteiger partial charge >= 0.3 is 0 Å². The lowest BCUT2D eigenvalue weighted by molar-refractivity contribution is -0.312. The molecule has 0 N–H and O–H groups in total. The second-order valence-corrected chi connectivity index (χ2v) is 1.35. The van der Waals surface area contributed by atoms with Crippen LogP contribution in [0.2, 0.25) is 0 Å². The van der Waals surface area contributed by atoms with E-state index in [1.807, 2.05) is 0 Å². The van der Waals surface area contributed by atoms with Crippen molar-refractivity contribution in [1.82, 2.24) is 0 Å². The molecule has 0 saturated carbocycles. The van der Waals surface area contributed by atoms with Crippen LogP contribution in [0.4, 0.5) is 0 Å². The van der Waals surface area contributed by atoms with Gasteiger partial charge in [-0.25, -0.2) is 9.78 Å². The van der Waals surface area contributed by atoms with Gasteiger partial charge in [0.2, 0.25) is 0 Å². The van der Waals surface area contributed by atoms with Crippen molar-refractivity contribution in [3.63, 3.8) is 0 Å². The molecule has 0 spiro atoms. The summed E-state index contributed by atoms with van der Waals surface area (Å²) in [7, 11) is 0. The van der Waals surface area contributed by atoms with Crippen molar-refractivity contribution >= 4 is 0 Å². The fourth-order valence-corrected chi connectivity index (χ4v) is 0.440. The fourth-order valence-electron chi connectivity index (χ4n) is 0.440. The van der Waals surface area contributed by atoms with E-state index in [0.29, 0.717) is 0 Å². The minimum absolute atomic E-state index is 0. The summed E-state index contributed by atoms with van der Waals surface area (Å²) in [6, 6.07) is 0. The minimum atomic E-state index is 0. The van der Waals surface area contributed by atoms with Crippen LogP contribution in [-0.2, 0) is 9.78 Å².